The number of aryl methyl sites for hydroxylation is 1. The summed E-state index contributed by atoms with van der Waals surface area (Å²) in [5.41, 5.74) is 1.59. The van der Waals surface area contributed by atoms with E-state index in [2.05, 4.69) is 23.3 Å². The second-order valence-corrected chi connectivity index (χ2v) is 5.28. The van der Waals surface area contributed by atoms with Gasteiger partial charge in [0.05, 0.1) is 11.6 Å². The van der Waals surface area contributed by atoms with Gasteiger partial charge in [0.15, 0.2) is 0 Å². The Morgan fingerprint density at radius 2 is 2.28 bits per heavy atom. The first-order valence-electron chi connectivity index (χ1n) is 6.86. The fourth-order valence-electron chi connectivity index (χ4n) is 2.81. The molecule has 1 N–H and O–H groups in total. The molecule has 1 saturated carbocycles. The topological polar surface area (TPSA) is 48.7 Å². The van der Waals surface area contributed by atoms with Crippen molar-refractivity contribution < 1.29 is 0 Å². The normalized spacial score (nSPS) is 23.4. The molecule has 1 heterocycles. The molecule has 1 aromatic heterocycles. The van der Waals surface area contributed by atoms with Crippen LogP contribution in [0.2, 0.25) is 0 Å². The first-order valence-corrected chi connectivity index (χ1v) is 6.86. The molecule has 3 nitrogen and oxygen atoms in total. The molecule has 1 aliphatic carbocycles. The number of hydrogen-bond donors (Lipinski definition) is 1. The SMILES string of the molecule is CCC1CCCC(Nc2cc(C#N)cc(C)n2)C1. The van der Waals surface area contributed by atoms with Crippen molar-refractivity contribution in [2.45, 2.75) is 52.0 Å². The van der Waals surface area contributed by atoms with E-state index in [0.717, 1.165) is 17.4 Å². The van der Waals surface area contributed by atoms with Crippen LogP contribution in [0.1, 0.15) is 50.3 Å². The van der Waals surface area contributed by atoms with Gasteiger partial charge in [-0.25, -0.2) is 4.98 Å². The minimum Gasteiger partial charge on any atom is -0.367 e. The van der Waals surface area contributed by atoms with Crippen LogP contribution in [0.15, 0.2) is 12.1 Å². The van der Waals surface area contributed by atoms with E-state index >= 15 is 0 Å². The number of nitriles is 1. The minimum absolute atomic E-state index is 0.518. The predicted molar refractivity (Wildman–Crippen MR) is 73.3 cm³/mol. The Hall–Kier alpha value is -1.56. The molecule has 0 amide bonds. The number of aromatic nitrogens is 1. The lowest BCUT2D eigenvalue weighted by molar-refractivity contribution is 0.327. The van der Waals surface area contributed by atoms with E-state index in [9.17, 15) is 0 Å². The van der Waals surface area contributed by atoms with E-state index in [1.54, 1.807) is 0 Å². The van der Waals surface area contributed by atoms with Gasteiger partial charge in [-0.1, -0.05) is 26.2 Å². The second-order valence-electron chi connectivity index (χ2n) is 5.28. The Balaban J connectivity index is 2.05. The van der Waals surface area contributed by atoms with Gasteiger partial charge in [0.25, 0.3) is 0 Å². The van der Waals surface area contributed by atoms with E-state index in [1.807, 2.05) is 19.1 Å². The average Bonchev–Trinajstić information content (AvgIpc) is 2.38. The summed E-state index contributed by atoms with van der Waals surface area (Å²) in [4.78, 5) is 4.46. The smallest absolute Gasteiger partial charge is 0.127 e. The van der Waals surface area contributed by atoms with Crippen molar-refractivity contribution in [3.63, 3.8) is 0 Å². The summed E-state index contributed by atoms with van der Waals surface area (Å²) < 4.78 is 0. The van der Waals surface area contributed by atoms with Crippen molar-refractivity contribution in [3.05, 3.63) is 23.4 Å². The Kier molecular flexibility index (Phi) is 4.19. The lowest BCUT2D eigenvalue weighted by Gasteiger charge is -2.29. The zero-order valence-corrected chi connectivity index (χ0v) is 11.2. The van der Waals surface area contributed by atoms with Crippen molar-refractivity contribution in [3.8, 4) is 6.07 Å². The number of nitrogens with zero attached hydrogens (tertiary/aromatic N) is 2. The van der Waals surface area contributed by atoms with E-state index in [1.165, 1.54) is 32.1 Å². The predicted octanol–water partition coefficient (Wildman–Crippen LogP) is 3.64. The molecule has 1 fully saturated rings. The molecule has 0 spiro atoms. The van der Waals surface area contributed by atoms with Crippen molar-refractivity contribution in [1.29, 1.82) is 5.26 Å². The van der Waals surface area contributed by atoms with Crippen LogP contribution in [0.3, 0.4) is 0 Å². The van der Waals surface area contributed by atoms with Gasteiger partial charge in [0, 0.05) is 11.7 Å². The van der Waals surface area contributed by atoms with Crippen LogP contribution < -0.4 is 5.32 Å². The summed E-state index contributed by atoms with van der Waals surface area (Å²) in [6, 6.07) is 6.37. The third-order valence-corrected chi connectivity index (χ3v) is 3.79. The summed E-state index contributed by atoms with van der Waals surface area (Å²) >= 11 is 0. The van der Waals surface area contributed by atoms with Gasteiger partial charge in [-0.2, -0.15) is 5.26 Å². The Bertz CT molecular complexity index is 448. The molecular weight excluding hydrogens is 222 g/mol. The first kappa shape index (κ1) is 12.9. The summed E-state index contributed by atoms with van der Waals surface area (Å²) in [5.74, 6) is 1.70. The van der Waals surface area contributed by atoms with Gasteiger partial charge in [0.1, 0.15) is 5.82 Å². The Morgan fingerprint density at radius 1 is 1.44 bits per heavy atom. The molecular formula is C15H21N3. The monoisotopic (exact) mass is 243 g/mol. The molecule has 1 aromatic rings. The molecule has 3 heteroatoms. The number of rotatable bonds is 3. The molecule has 1 aliphatic rings. The summed E-state index contributed by atoms with van der Waals surface area (Å²) in [5, 5.41) is 12.5. The highest BCUT2D eigenvalue weighted by Crippen LogP contribution is 2.28. The zero-order valence-electron chi connectivity index (χ0n) is 11.2. The summed E-state index contributed by atoms with van der Waals surface area (Å²) in [6.07, 6.45) is 6.37. The van der Waals surface area contributed by atoms with Gasteiger partial charge < -0.3 is 5.32 Å². The van der Waals surface area contributed by atoms with E-state index in [-0.39, 0.29) is 0 Å². The fourth-order valence-corrected chi connectivity index (χ4v) is 2.81. The fraction of sp³-hybridized carbons (Fsp3) is 0.600. The quantitative estimate of drug-likeness (QED) is 0.881. The molecule has 0 saturated heterocycles. The van der Waals surface area contributed by atoms with Gasteiger partial charge in [-0.3, -0.25) is 0 Å². The number of nitrogens with one attached hydrogen (secondary N) is 1. The number of anilines is 1. The summed E-state index contributed by atoms with van der Waals surface area (Å²) in [6.45, 7) is 4.20. The number of hydrogen-bond acceptors (Lipinski definition) is 3. The Labute approximate surface area is 109 Å². The molecule has 96 valence electrons. The van der Waals surface area contributed by atoms with Crippen LogP contribution in [0, 0.1) is 24.2 Å². The number of pyridine rings is 1. The van der Waals surface area contributed by atoms with Gasteiger partial charge >= 0.3 is 0 Å². The maximum atomic E-state index is 8.97. The van der Waals surface area contributed by atoms with Crippen LogP contribution in [-0.4, -0.2) is 11.0 Å². The van der Waals surface area contributed by atoms with Gasteiger partial charge in [0.2, 0.25) is 0 Å². The van der Waals surface area contributed by atoms with Crippen LogP contribution in [0.25, 0.3) is 0 Å². The zero-order chi connectivity index (χ0) is 13.0. The van der Waals surface area contributed by atoms with Crippen LogP contribution in [-0.2, 0) is 0 Å². The van der Waals surface area contributed by atoms with Crippen LogP contribution >= 0.6 is 0 Å². The minimum atomic E-state index is 0.518. The van der Waals surface area contributed by atoms with E-state index < -0.39 is 0 Å². The highest BCUT2D eigenvalue weighted by atomic mass is 15.0. The van der Waals surface area contributed by atoms with Crippen molar-refractivity contribution in [2.75, 3.05) is 5.32 Å². The highest BCUT2D eigenvalue weighted by Gasteiger charge is 2.20. The van der Waals surface area contributed by atoms with Crippen molar-refractivity contribution in [2.24, 2.45) is 5.92 Å². The average molecular weight is 243 g/mol. The van der Waals surface area contributed by atoms with Crippen molar-refractivity contribution in [1.82, 2.24) is 4.98 Å². The summed E-state index contributed by atoms with van der Waals surface area (Å²) in [7, 11) is 0. The Morgan fingerprint density at radius 3 is 3.00 bits per heavy atom. The van der Waals surface area contributed by atoms with Gasteiger partial charge in [-0.05, 0) is 37.8 Å². The lowest BCUT2D eigenvalue weighted by Crippen LogP contribution is -2.27. The standard InChI is InChI=1S/C15H21N3/c1-3-12-5-4-6-14(8-12)18-15-9-13(10-16)7-11(2)17-15/h7,9,12,14H,3-6,8H2,1-2H3,(H,17,18). The molecule has 2 unspecified atom stereocenters. The van der Waals surface area contributed by atoms with Crippen molar-refractivity contribution >= 4 is 5.82 Å². The molecule has 2 atom stereocenters. The third-order valence-electron chi connectivity index (χ3n) is 3.79. The first-order chi connectivity index (χ1) is 8.71. The largest absolute Gasteiger partial charge is 0.367 e. The van der Waals surface area contributed by atoms with Gasteiger partial charge in [-0.15, -0.1) is 0 Å². The maximum absolute atomic E-state index is 8.97. The molecule has 0 aromatic carbocycles. The van der Waals surface area contributed by atoms with Crippen LogP contribution in [0.5, 0.6) is 0 Å². The maximum Gasteiger partial charge on any atom is 0.127 e. The highest BCUT2D eigenvalue weighted by molar-refractivity contribution is 5.45. The third kappa shape index (κ3) is 3.22. The molecule has 2 rings (SSSR count). The lowest BCUT2D eigenvalue weighted by atomic mass is 9.84. The second kappa shape index (κ2) is 5.86. The van der Waals surface area contributed by atoms with E-state index in [0.29, 0.717) is 11.6 Å². The molecule has 0 aliphatic heterocycles. The van der Waals surface area contributed by atoms with E-state index in [4.69, 9.17) is 5.26 Å². The molecule has 0 radical (unpaired) electrons. The van der Waals surface area contributed by atoms with Crippen LogP contribution in [0.4, 0.5) is 5.82 Å². The molecule has 18 heavy (non-hydrogen) atoms. The molecule has 0 bridgehead atoms.